The van der Waals surface area contributed by atoms with Crippen LogP contribution in [0.15, 0.2) is 12.2 Å². The summed E-state index contributed by atoms with van der Waals surface area (Å²) < 4.78 is 0. The molecule has 16 heavy (non-hydrogen) atoms. The van der Waals surface area contributed by atoms with Gasteiger partial charge in [-0.05, 0) is 64.0 Å². The summed E-state index contributed by atoms with van der Waals surface area (Å²) in [7, 11) is 0. The number of hydrogen-bond acceptors (Lipinski definition) is 1. The number of piperidine rings is 1. The van der Waals surface area contributed by atoms with Crippen LogP contribution in [0.4, 0.5) is 0 Å². The van der Waals surface area contributed by atoms with Crippen molar-refractivity contribution >= 4 is 0 Å². The van der Waals surface area contributed by atoms with Gasteiger partial charge in [-0.1, -0.05) is 25.5 Å². The van der Waals surface area contributed by atoms with Crippen molar-refractivity contribution in [2.75, 3.05) is 13.1 Å². The molecule has 1 aliphatic heterocycles. The van der Waals surface area contributed by atoms with Crippen molar-refractivity contribution in [2.24, 2.45) is 11.8 Å². The molecule has 0 radical (unpaired) electrons. The summed E-state index contributed by atoms with van der Waals surface area (Å²) in [6.07, 6.45) is 8.29. The second-order valence-corrected chi connectivity index (χ2v) is 5.77. The van der Waals surface area contributed by atoms with Gasteiger partial charge in [0.15, 0.2) is 0 Å². The molecule has 92 valence electrons. The van der Waals surface area contributed by atoms with Crippen molar-refractivity contribution in [1.29, 1.82) is 0 Å². The first-order valence-corrected chi connectivity index (χ1v) is 7.15. The summed E-state index contributed by atoms with van der Waals surface area (Å²) in [4.78, 5) is 2.66. The fourth-order valence-corrected chi connectivity index (χ4v) is 3.08. The van der Waals surface area contributed by atoms with E-state index in [1.807, 2.05) is 0 Å². The standard InChI is InChI=1S/C15H27N/c1-4-12(2)16-10-8-15(9-11-16)13(3)14-6-5-7-14/h12,14-15H,3-11H2,1-2H3. The molecule has 1 saturated carbocycles. The van der Waals surface area contributed by atoms with E-state index in [1.54, 1.807) is 5.57 Å². The maximum atomic E-state index is 4.37. The summed E-state index contributed by atoms with van der Waals surface area (Å²) in [5, 5.41) is 0. The van der Waals surface area contributed by atoms with Crippen molar-refractivity contribution in [3.05, 3.63) is 12.2 Å². The van der Waals surface area contributed by atoms with Crippen LogP contribution < -0.4 is 0 Å². The molecule has 1 heterocycles. The Hall–Kier alpha value is -0.300. The molecule has 0 amide bonds. The molecule has 0 aromatic carbocycles. The SMILES string of the molecule is C=C(C1CCC1)C1CCN(C(C)CC)CC1. The molecule has 0 aromatic heterocycles. The normalized spacial score (nSPS) is 26.4. The highest BCUT2D eigenvalue weighted by Gasteiger charge is 2.29. The Morgan fingerprint density at radius 3 is 2.19 bits per heavy atom. The highest BCUT2D eigenvalue weighted by molar-refractivity contribution is 5.10. The average Bonchev–Trinajstić information content (AvgIpc) is 2.26. The van der Waals surface area contributed by atoms with Crippen LogP contribution in [0.25, 0.3) is 0 Å². The smallest absolute Gasteiger partial charge is 0.00643 e. The van der Waals surface area contributed by atoms with Gasteiger partial charge in [0, 0.05) is 6.04 Å². The van der Waals surface area contributed by atoms with E-state index in [0.29, 0.717) is 0 Å². The minimum atomic E-state index is 0.776. The largest absolute Gasteiger partial charge is 0.301 e. The quantitative estimate of drug-likeness (QED) is 0.652. The van der Waals surface area contributed by atoms with E-state index in [4.69, 9.17) is 0 Å². The van der Waals surface area contributed by atoms with Crippen LogP contribution in [0.5, 0.6) is 0 Å². The zero-order valence-electron chi connectivity index (χ0n) is 11.0. The zero-order chi connectivity index (χ0) is 11.5. The predicted octanol–water partition coefficient (Wildman–Crippen LogP) is 3.85. The molecule has 0 spiro atoms. The van der Waals surface area contributed by atoms with Gasteiger partial charge < -0.3 is 4.90 Å². The van der Waals surface area contributed by atoms with Crippen LogP contribution in [-0.2, 0) is 0 Å². The van der Waals surface area contributed by atoms with E-state index in [0.717, 1.165) is 17.9 Å². The summed E-state index contributed by atoms with van der Waals surface area (Å²) in [5.41, 5.74) is 1.59. The van der Waals surface area contributed by atoms with Crippen LogP contribution >= 0.6 is 0 Å². The Kier molecular flexibility index (Phi) is 4.07. The minimum Gasteiger partial charge on any atom is -0.301 e. The van der Waals surface area contributed by atoms with Gasteiger partial charge in [-0.25, -0.2) is 0 Å². The first-order chi connectivity index (χ1) is 7.72. The van der Waals surface area contributed by atoms with Crippen LogP contribution in [0, 0.1) is 11.8 Å². The monoisotopic (exact) mass is 221 g/mol. The Morgan fingerprint density at radius 1 is 1.19 bits per heavy atom. The molecule has 1 unspecified atom stereocenters. The second kappa shape index (κ2) is 5.35. The van der Waals surface area contributed by atoms with Crippen molar-refractivity contribution in [2.45, 2.75) is 58.4 Å². The highest BCUT2D eigenvalue weighted by atomic mass is 15.2. The first-order valence-electron chi connectivity index (χ1n) is 7.15. The molecule has 0 N–H and O–H groups in total. The molecule has 1 heteroatoms. The molecule has 0 bridgehead atoms. The van der Waals surface area contributed by atoms with Gasteiger partial charge >= 0.3 is 0 Å². The van der Waals surface area contributed by atoms with Gasteiger partial charge in [0.25, 0.3) is 0 Å². The van der Waals surface area contributed by atoms with Gasteiger partial charge in [0.1, 0.15) is 0 Å². The third-order valence-corrected chi connectivity index (χ3v) is 4.90. The molecular formula is C15H27N. The lowest BCUT2D eigenvalue weighted by atomic mass is 9.73. The number of likely N-dealkylation sites (tertiary alicyclic amines) is 1. The lowest BCUT2D eigenvalue weighted by Gasteiger charge is -2.39. The first kappa shape index (κ1) is 12.2. The second-order valence-electron chi connectivity index (χ2n) is 5.77. The van der Waals surface area contributed by atoms with Crippen LogP contribution in [-0.4, -0.2) is 24.0 Å². The van der Waals surface area contributed by atoms with Crippen LogP contribution in [0.3, 0.4) is 0 Å². The molecule has 2 aliphatic rings. The highest BCUT2D eigenvalue weighted by Crippen LogP contribution is 2.39. The Morgan fingerprint density at radius 2 is 1.75 bits per heavy atom. The number of hydrogen-bond donors (Lipinski definition) is 0. The van der Waals surface area contributed by atoms with Crippen molar-refractivity contribution in [1.82, 2.24) is 4.90 Å². The lowest BCUT2D eigenvalue weighted by molar-refractivity contribution is 0.141. The molecule has 1 saturated heterocycles. The van der Waals surface area contributed by atoms with Gasteiger partial charge in [-0.2, -0.15) is 0 Å². The summed E-state index contributed by atoms with van der Waals surface area (Å²) in [6, 6.07) is 0.776. The van der Waals surface area contributed by atoms with E-state index in [-0.39, 0.29) is 0 Å². The maximum absolute atomic E-state index is 4.37. The van der Waals surface area contributed by atoms with Gasteiger partial charge in [0.2, 0.25) is 0 Å². The van der Waals surface area contributed by atoms with E-state index in [2.05, 4.69) is 25.3 Å². The number of nitrogens with zero attached hydrogens (tertiary/aromatic N) is 1. The van der Waals surface area contributed by atoms with E-state index < -0.39 is 0 Å². The van der Waals surface area contributed by atoms with Crippen molar-refractivity contribution < 1.29 is 0 Å². The fraction of sp³-hybridized carbons (Fsp3) is 0.867. The van der Waals surface area contributed by atoms with Gasteiger partial charge in [-0.15, -0.1) is 0 Å². The number of allylic oxidation sites excluding steroid dienone is 1. The molecule has 1 aliphatic carbocycles. The summed E-state index contributed by atoms with van der Waals surface area (Å²) in [6.45, 7) is 11.6. The predicted molar refractivity (Wildman–Crippen MR) is 70.5 cm³/mol. The van der Waals surface area contributed by atoms with E-state index in [9.17, 15) is 0 Å². The van der Waals surface area contributed by atoms with E-state index in [1.165, 1.54) is 51.6 Å². The molecule has 1 atom stereocenters. The topological polar surface area (TPSA) is 3.24 Å². The number of rotatable bonds is 4. The van der Waals surface area contributed by atoms with Crippen molar-refractivity contribution in [3.8, 4) is 0 Å². The Balaban J connectivity index is 1.78. The van der Waals surface area contributed by atoms with Crippen LogP contribution in [0.2, 0.25) is 0 Å². The Bertz CT molecular complexity index is 234. The van der Waals surface area contributed by atoms with Gasteiger partial charge in [-0.3, -0.25) is 0 Å². The minimum absolute atomic E-state index is 0.776. The van der Waals surface area contributed by atoms with Crippen LogP contribution in [0.1, 0.15) is 52.4 Å². The molecule has 2 rings (SSSR count). The third-order valence-electron chi connectivity index (χ3n) is 4.90. The zero-order valence-corrected chi connectivity index (χ0v) is 11.0. The van der Waals surface area contributed by atoms with Crippen molar-refractivity contribution in [3.63, 3.8) is 0 Å². The molecule has 0 aromatic rings. The molecule has 1 nitrogen and oxygen atoms in total. The average molecular weight is 221 g/mol. The van der Waals surface area contributed by atoms with E-state index >= 15 is 0 Å². The summed E-state index contributed by atoms with van der Waals surface area (Å²) in [5.74, 6) is 1.73. The lowest BCUT2D eigenvalue weighted by Crippen LogP contribution is -2.40. The van der Waals surface area contributed by atoms with Gasteiger partial charge in [0.05, 0.1) is 0 Å². The Labute approximate surface area is 101 Å². The fourth-order valence-electron chi connectivity index (χ4n) is 3.08. The maximum Gasteiger partial charge on any atom is 0.00643 e. The molecule has 2 fully saturated rings. The molecular weight excluding hydrogens is 194 g/mol. The third kappa shape index (κ3) is 2.51. The summed E-state index contributed by atoms with van der Waals surface area (Å²) >= 11 is 0.